The lowest BCUT2D eigenvalue weighted by molar-refractivity contribution is -0.146. The minimum Gasteiger partial charge on any atom is -0.461 e. The van der Waals surface area contributed by atoms with E-state index in [2.05, 4.69) is 13.0 Å². The molecule has 0 aliphatic heterocycles. The molecule has 0 aromatic carbocycles. The monoisotopic (exact) mass is 225 g/mol. The van der Waals surface area contributed by atoms with Crippen LogP contribution in [0.3, 0.4) is 0 Å². The van der Waals surface area contributed by atoms with Crippen LogP contribution >= 0.6 is 11.8 Å². The topological polar surface area (TPSA) is 50.1 Å². The molecule has 15 heavy (non-hydrogen) atoms. The summed E-state index contributed by atoms with van der Waals surface area (Å²) < 4.78 is 5.24. The first-order valence-corrected chi connectivity index (χ1v) is 6.10. The summed E-state index contributed by atoms with van der Waals surface area (Å²) in [6, 6.07) is 2.17. The SMILES string of the molecule is CCS[C@@H]1CC(C#N)=CC[C@@H]1OC(C)=O. The second-order valence-corrected chi connectivity index (χ2v) is 4.94. The standard InChI is InChI=1S/C11H15NO2S/c1-3-15-11-6-9(7-12)4-5-10(11)14-8(2)13/h4,10-11H,3,5-6H2,1-2H3/t10-,11+/m0/s1. The number of hydrogen-bond acceptors (Lipinski definition) is 4. The van der Waals surface area contributed by atoms with E-state index in [1.165, 1.54) is 6.92 Å². The molecule has 2 atom stereocenters. The van der Waals surface area contributed by atoms with Crippen LogP contribution in [0.4, 0.5) is 0 Å². The van der Waals surface area contributed by atoms with Gasteiger partial charge in [-0.25, -0.2) is 0 Å². The molecule has 0 unspecified atom stereocenters. The average Bonchev–Trinajstić information content (AvgIpc) is 2.20. The molecule has 3 nitrogen and oxygen atoms in total. The maximum absolute atomic E-state index is 10.9. The van der Waals surface area contributed by atoms with Gasteiger partial charge >= 0.3 is 5.97 Å². The normalized spacial score (nSPS) is 25.3. The molecule has 82 valence electrons. The van der Waals surface area contributed by atoms with E-state index >= 15 is 0 Å². The van der Waals surface area contributed by atoms with Gasteiger partial charge in [0.05, 0.1) is 6.07 Å². The van der Waals surface area contributed by atoms with Crippen LogP contribution in [0.1, 0.15) is 26.7 Å². The Balaban J connectivity index is 2.65. The van der Waals surface area contributed by atoms with Gasteiger partial charge in [-0.3, -0.25) is 4.79 Å². The van der Waals surface area contributed by atoms with E-state index in [-0.39, 0.29) is 17.3 Å². The van der Waals surface area contributed by atoms with Crippen molar-refractivity contribution in [3.63, 3.8) is 0 Å². The van der Waals surface area contributed by atoms with Gasteiger partial charge in [0.1, 0.15) is 6.10 Å². The third-order valence-corrected chi connectivity index (χ3v) is 3.51. The molecule has 4 heteroatoms. The summed E-state index contributed by atoms with van der Waals surface area (Å²) in [5.74, 6) is 0.733. The fourth-order valence-corrected chi connectivity index (χ4v) is 2.76. The van der Waals surface area contributed by atoms with Crippen molar-refractivity contribution in [3.8, 4) is 6.07 Å². The van der Waals surface area contributed by atoms with Crippen LogP contribution in [0.2, 0.25) is 0 Å². The van der Waals surface area contributed by atoms with Gasteiger partial charge in [0, 0.05) is 24.2 Å². The maximum atomic E-state index is 10.9. The average molecular weight is 225 g/mol. The van der Waals surface area contributed by atoms with Gasteiger partial charge in [0.15, 0.2) is 0 Å². The van der Waals surface area contributed by atoms with E-state index < -0.39 is 0 Å². The lowest BCUT2D eigenvalue weighted by atomic mass is 9.97. The van der Waals surface area contributed by atoms with Crippen LogP contribution in [0.5, 0.6) is 0 Å². The maximum Gasteiger partial charge on any atom is 0.302 e. The van der Waals surface area contributed by atoms with E-state index in [9.17, 15) is 4.79 Å². The predicted molar refractivity (Wildman–Crippen MR) is 60.4 cm³/mol. The van der Waals surface area contributed by atoms with Crippen molar-refractivity contribution in [2.24, 2.45) is 0 Å². The van der Waals surface area contributed by atoms with Crippen molar-refractivity contribution in [1.82, 2.24) is 0 Å². The molecule has 1 aliphatic rings. The van der Waals surface area contributed by atoms with Crippen LogP contribution in [-0.2, 0) is 9.53 Å². The fourth-order valence-electron chi connectivity index (χ4n) is 1.65. The minimum absolute atomic E-state index is 0.0652. The zero-order valence-corrected chi connectivity index (χ0v) is 9.84. The third kappa shape index (κ3) is 3.60. The summed E-state index contributed by atoms with van der Waals surface area (Å²) in [6.45, 7) is 3.50. The molecule has 0 amide bonds. The summed E-state index contributed by atoms with van der Waals surface area (Å²) >= 11 is 1.75. The van der Waals surface area contributed by atoms with E-state index in [0.717, 1.165) is 11.3 Å². The van der Waals surface area contributed by atoms with Crippen molar-refractivity contribution in [3.05, 3.63) is 11.6 Å². The van der Waals surface area contributed by atoms with Crippen molar-refractivity contribution < 1.29 is 9.53 Å². The summed E-state index contributed by atoms with van der Waals surface area (Å²) in [6.07, 6.45) is 3.19. The fraction of sp³-hybridized carbons (Fsp3) is 0.636. The first-order chi connectivity index (χ1) is 7.17. The Morgan fingerprint density at radius 1 is 1.80 bits per heavy atom. The molecule has 0 aromatic rings. The minimum atomic E-state index is -0.240. The number of nitriles is 1. The highest BCUT2D eigenvalue weighted by Gasteiger charge is 2.28. The van der Waals surface area contributed by atoms with Crippen molar-refractivity contribution in [1.29, 1.82) is 5.26 Å². The molecular weight excluding hydrogens is 210 g/mol. The van der Waals surface area contributed by atoms with E-state index in [4.69, 9.17) is 10.00 Å². The highest BCUT2D eigenvalue weighted by molar-refractivity contribution is 7.99. The number of allylic oxidation sites excluding steroid dienone is 1. The second kappa shape index (κ2) is 5.82. The molecule has 1 aliphatic carbocycles. The molecule has 0 N–H and O–H groups in total. The van der Waals surface area contributed by atoms with E-state index in [0.29, 0.717) is 12.8 Å². The van der Waals surface area contributed by atoms with Gasteiger partial charge in [0.2, 0.25) is 0 Å². The first-order valence-electron chi connectivity index (χ1n) is 5.05. The van der Waals surface area contributed by atoms with Gasteiger partial charge < -0.3 is 4.74 Å². The number of carbonyl (C=O) groups excluding carboxylic acids is 1. The number of ether oxygens (including phenoxy) is 1. The van der Waals surface area contributed by atoms with Gasteiger partial charge in [-0.15, -0.1) is 0 Å². The largest absolute Gasteiger partial charge is 0.461 e. The van der Waals surface area contributed by atoms with Gasteiger partial charge in [0.25, 0.3) is 0 Å². The summed E-state index contributed by atoms with van der Waals surface area (Å²) in [5.41, 5.74) is 0.810. The Kier molecular flexibility index (Phi) is 4.70. The zero-order valence-electron chi connectivity index (χ0n) is 9.03. The molecule has 0 saturated carbocycles. The molecule has 0 heterocycles. The predicted octanol–water partition coefficient (Wildman–Crippen LogP) is 2.28. The molecule has 0 aromatic heterocycles. The van der Waals surface area contributed by atoms with Crippen LogP contribution < -0.4 is 0 Å². The van der Waals surface area contributed by atoms with Crippen LogP contribution in [0, 0.1) is 11.3 Å². The van der Waals surface area contributed by atoms with Gasteiger partial charge in [-0.05, 0) is 12.2 Å². The number of esters is 1. The Morgan fingerprint density at radius 3 is 3.07 bits per heavy atom. The Labute approximate surface area is 94.5 Å². The molecule has 1 rings (SSSR count). The summed E-state index contributed by atoms with van der Waals surface area (Å²) in [4.78, 5) is 10.9. The number of carbonyl (C=O) groups is 1. The van der Waals surface area contributed by atoms with E-state index in [1.807, 2.05) is 6.08 Å². The zero-order chi connectivity index (χ0) is 11.3. The van der Waals surface area contributed by atoms with Crippen molar-refractivity contribution in [2.45, 2.75) is 38.0 Å². The smallest absolute Gasteiger partial charge is 0.302 e. The van der Waals surface area contributed by atoms with Crippen molar-refractivity contribution >= 4 is 17.7 Å². The first kappa shape index (κ1) is 12.1. The lowest BCUT2D eigenvalue weighted by Crippen LogP contribution is -2.31. The van der Waals surface area contributed by atoms with Crippen molar-refractivity contribution in [2.75, 3.05) is 5.75 Å². The molecule has 0 bridgehead atoms. The number of thioether (sulfide) groups is 1. The summed E-state index contributed by atoms with van der Waals surface area (Å²) in [7, 11) is 0. The highest BCUT2D eigenvalue weighted by atomic mass is 32.2. The van der Waals surface area contributed by atoms with Crippen LogP contribution in [-0.4, -0.2) is 23.1 Å². The van der Waals surface area contributed by atoms with Crippen LogP contribution in [0.25, 0.3) is 0 Å². The van der Waals surface area contributed by atoms with E-state index in [1.54, 1.807) is 11.8 Å². The second-order valence-electron chi connectivity index (χ2n) is 3.42. The molecule has 0 spiro atoms. The highest BCUT2D eigenvalue weighted by Crippen LogP contribution is 2.30. The quantitative estimate of drug-likeness (QED) is 0.691. The molecule has 0 saturated heterocycles. The lowest BCUT2D eigenvalue weighted by Gasteiger charge is -2.28. The molecule has 0 radical (unpaired) electrons. The number of rotatable bonds is 3. The molecule has 0 fully saturated rings. The Hall–Kier alpha value is -0.950. The third-order valence-electron chi connectivity index (χ3n) is 2.27. The van der Waals surface area contributed by atoms with Gasteiger partial charge in [-0.1, -0.05) is 13.0 Å². The Morgan fingerprint density at radius 2 is 2.53 bits per heavy atom. The number of nitrogens with zero attached hydrogens (tertiary/aromatic N) is 1. The van der Waals surface area contributed by atoms with Crippen LogP contribution in [0.15, 0.2) is 11.6 Å². The van der Waals surface area contributed by atoms with Gasteiger partial charge in [-0.2, -0.15) is 17.0 Å². The summed E-state index contributed by atoms with van der Waals surface area (Å²) in [5, 5.41) is 9.04. The number of hydrogen-bond donors (Lipinski definition) is 0. The Bertz CT molecular complexity index is 306. The molecular formula is C11H15NO2S.